The molecule has 0 aromatic carbocycles. The first-order chi connectivity index (χ1) is 6.40. The third kappa shape index (κ3) is 1.95. The minimum absolute atomic E-state index is 0.286. The summed E-state index contributed by atoms with van der Waals surface area (Å²) in [7, 11) is 0. The third-order valence-corrected chi connectivity index (χ3v) is 2.02. The lowest BCUT2D eigenvalue weighted by Gasteiger charge is -1.97. The second kappa shape index (κ2) is 3.41. The Balaban J connectivity index is 2.08. The van der Waals surface area contributed by atoms with Gasteiger partial charge in [-0.2, -0.15) is 0 Å². The van der Waals surface area contributed by atoms with E-state index in [0.717, 1.165) is 11.4 Å². The first kappa shape index (κ1) is 8.01. The van der Waals surface area contributed by atoms with Crippen LogP contribution in [0.1, 0.15) is 30.1 Å². The average molecular weight is 175 g/mol. The van der Waals surface area contributed by atoms with Crippen LogP contribution >= 0.6 is 0 Å². The average Bonchev–Trinajstić information content (AvgIpc) is 2.99. The molecule has 66 valence electrons. The molecule has 0 spiro atoms. The molecule has 0 saturated heterocycles. The van der Waals surface area contributed by atoms with E-state index in [1.165, 1.54) is 12.8 Å². The Hall–Kier alpha value is -1.61. The molecule has 0 radical (unpaired) electrons. The maximum Gasteiger partial charge on any atom is 0.0699 e. The Morgan fingerprint density at radius 1 is 1.46 bits per heavy atom. The van der Waals surface area contributed by atoms with Crippen molar-refractivity contribution in [1.82, 2.24) is 9.97 Å². The van der Waals surface area contributed by atoms with Crippen LogP contribution in [0.5, 0.6) is 0 Å². The Bertz CT molecular complexity index is 334. The fourth-order valence-electron chi connectivity index (χ4n) is 1.14. The molecule has 0 aliphatic heterocycles. The summed E-state index contributed by atoms with van der Waals surface area (Å²) in [5.74, 6) is 0.626. The molecule has 13 heavy (non-hydrogen) atoms. The van der Waals surface area contributed by atoms with Gasteiger partial charge in [-0.1, -0.05) is 5.11 Å². The van der Waals surface area contributed by atoms with E-state index in [1.807, 2.05) is 0 Å². The molecular formula is C8H9N5. The van der Waals surface area contributed by atoms with Crippen LogP contribution in [0, 0.1) is 0 Å². The van der Waals surface area contributed by atoms with Crippen molar-refractivity contribution in [1.29, 1.82) is 0 Å². The minimum atomic E-state index is 0.286. The Morgan fingerprint density at radius 2 is 2.31 bits per heavy atom. The predicted octanol–water partition coefficient (Wildman–Crippen LogP) is 2.16. The van der Waals surface area contributed by atoms with E-state index in [4.69, 9.17) is 5.53 Å². The zero-order valence-corrected chi connectivity index (χ0v) is 7.09. The summed E-state index contributed by atoms with van der Waals surface area (Å²) in [6.45, 7) is 0.286. The number of rotatable bonds is 3. The van der Waals surface area contributed by atoms with E-state index in [2.05, 4.69) is 20.0 Å². The maximum absolute atomic E-state index is 8.09. The number of hydrogen-bond acceptors (Lipinski definition) is 3. The number of nitrogens with zero attached hydrogens (tertiary/aromatic N) is 5. The Morgan fingerprint density at radius 3 is 2.85 bits per heavy atom. The molecule has 0 unspecified atom stereocenters. The van der Waals surface area contributed by atoms with Crippen LogP contribution in [-0.4, -0.2) is 9.97 Å². The highest BCUT2D eigenvalue weighted by Gasteiger charge is 2.24. The Kier molecular flexibility index (Phi) is 2.10. The first-order valence-corrected chi connectivity index (χ1v) is 4.22. The van der Waals surface area contributed by atoms with Crippen molar-refractivity contribution >= 4 is 0 Å². The second-order valence-corrected chi connectivity index (χ2v) is 3.10. The van der Waals surface area contributed by atoms with Crippen molar-refractivity contribution in [2.45, 2.75) is 25.3 Å². The summed E-state index contributed by atoms with van der Waals surface area (Å²) < 4.78 is 0. The van der Waals surface area contributed by atoms with E-state index in [-0.39, 0.29) is 6.54 Å². The van der Waals surface area contributed by atoms with Crippen molar-refractivity contribution in [2.24, 2.45) is 5.11 Å². The molecule has 1 saturated carbocycles. The van der Waals surface area contributed by atoms with Gasteiger partial charge in [0.2, 0.25) is 0 Å². The fraction of sp³-hybridized carbons (Fsp3) is 0.500. The SMILES string of the molecule is [N-]=[N+]=NCc1cnc(C2CC2)cn1. The largest absolute Gasteiger partial charge is 0.258 e. The molecule has 0 N–H and O–H groups in total. The topological polar surface area (TPSA) is 74.5 Å². The molecule has 2 rings (SSSR count). The number of aromatic nitrogens is 2. The quantitative estimate of drug-likeness (QED) is 0.401. The van der Waals surface area contributed by atoms with Crippen LogP contribution in [0.3, 0.4) is 0 Å². The maximum atomic E-state index is 8.09. The number of hydrogen-bond donors (Lipinski definition) is 0. The third-order valence-electron chi connectivity index (χ3n) is 2.02. The summed E-state index contributed by atoms with van der Waals surface area (Å²) in [5, 5.41) is 3.41. The van der Waals surface area contributed by atoms with Crippen LogP contribution in [0.4, 0.5) is 0 Å². The minimum Gasteiger partial charge on any atom is -0.258 e. The summed E-state index contributed by atoms with van der Waals surface area (Å²) >= 11 is 0. The monoisotopic (exact) mass is 175 g/mol. The van der Waals surface area contributed by atoms with Gasteiger partial charge in [0.1, 0.15) is 0 Å². The molecule has 1 aliphatic rings. The molecule has 1 aromatic heterocycles. The highest BCUT2D eigenvalue weighted by molar-refractivity contribution is 5.12. The van der Waals surface area contributed by atoms with Crippen molar-refractivity contribution in [2.75, 3.05) is 0 Å². The lowest BCUT2D eigenvalue weighted by molar-refractivity contribution is 0.907. The summed E-state index contributed by atoms with van der Waals surface area (Å²) in [6, 6.07) is 0. The van der Waals surface area contributed by atoms with Crippen molar-refractivity contribution in [3.8, 4) is 0 Å². The summed E-state index contributed by atoms with van der Waals surface area (Å²) in [4.78, 5) is 11.1. The van der Waals surface area contributed by atoms with Crippen LogP contribution < -0.4 is 0 Å². The molecule has 1 heterocycles. The summed E-state index contributed by atoms with van der Waals surface area (Å²) in [5.41, 5.74) is 9.87. The van der Waals surface area contributed by atoms with Gasteiger partial charge >= 0.3 is 0 Å². The van der Waals surface area contributed by atoms with Crippen molar-refractivity contribution < 1.29 is 0 Å². The van der Waals surface area contributed by atoms with E-state index in [9.17, 15) is 0 Å². The molecule has 0 atom stereocenters. The van der Waals surface area contributed by atoms with Gasteiger partial charge in [0.15, 0.2) is 0 Å². The van der Waals surface area contributed by atoms with Gasteiger partial charge in [-0.25, -0.2) is 0 Å². The Labute approximate surface area is 75.5 Å². The van der Waals surface area contributed by atoms with Gasteiger partial charge in [0, 0.05) is 23.2 Å². The first-order valence-electron chi connectivity index (χ1n) is 4.22. The van der Waals surface area contributed by atoms with Gasteiger partial charge in [0.05, 0.1) is 17.9 Å². The van der Waals surface area contributed by atoms with Gasteiger partial charge in [-0.15, -0.1) is 0 Å². The van der Waals surface area contributed by atoms with Crippen molar-refractivity contribution in [3.05, 3.63) is 34.2 Å². The van der Waals surface area contributed by atoms with Gasteiger partial charge < -0.3 is 0 Å². The van der Waals surface area contributed by atoms with E-state index >= 15 is 0 Å². The highest BCUT2D eigenvalue weighted by atomic mass is 15.1. The molecule has 5 nitrogen and oxygen atoms in total. The zero-order chi connectivity index (χ0) is 9.10. The van der Waals surface area contributed by atoms with Crippen LogP contribution in [-0.2, 0) is 6.54 Å². The molecular weight excluding hydrogens is 166 g/mol. The lowest BCUT2D eigenvalue weighted by Crippen LogP contribution is -1.92. The summed E-state index contributed by atoms with van der Waals surface area (Å²) in [6.07, 6.45) is 5.91. The fourth-order valence-corrected chi connectivity index (χ4v) is 1.14. The highest BCUT2D eigenvalue weighted by Crippen LogP contribution is 2.38. The van der Waals surface area contributed by atoms with E-state index < -0.39 is 0 Å². The van der Waals surface area contributed by atoms with Crippen LogP contribution in [0.25, 0.3) is 10.4 Å². The zero-order valence-electron chi connectivity index (χ0n) is 7.09. The standard InChI is InChI=1S/C8H9N5/c9-13-12-4-7-3-11-8(5-10-7)6-1-2-6/h3,5-6H,1-2,4H2. The molecule has 1 aliphatic carbocycles. The lowest BCUT2D eigenvalue weighted by atomic mass is 10.3. The van der Waals surface area contributed by atoms with Gasteiger partial charge in [0.25, 0.3) is 0 Å². The predicted molar refractivity (Wildman–Crippen MR) is 46.9 cm³/mol. The van der Waals surface area contributed by atoms with Crippen LogP contribution in [0.15, 0.2) is 17.5 Å². The van der Waals surface area contributed by atoms with Crippen molar-refractivity contribution in [3.63, 3.8) is 0 Å². The van der Waals surface area contributed by atoms with E-state index in [1.54, 1.807) is 12.4 Å². The molecule has 1 aromatic rings. The molecule has 5 heteroatoms. The van der Waals surface area contributed by atoms with Gasteiger partial charge in [-0.3, -0.25) is 9.97 Å². The van der Waals surface area contributed by atoms with Crippen LogP contribution in [0.2, 0.25) is 0 Å². The molecule has 1 fully saturated rings. The smallest absolute Gasteiger partial charge is 0.0699 e. The normalized spacial score (nSPS) is 15.1. The molecule has 0 amide bonds. The number of azide groups is 1. The van der Waals surface area contributed by atoms with E-state index in [0.29, 0.717) is 5.92 Å². The second-order valence-electron chi connectivity index (χ2n) is 3.10. The van der Waals surface area contributed by atoms with Gasteiger partial charge in [-0.05, 0) is 18.4 Å². The molecule has 0 bridgehead atoms.